The van der Waals surface area contributed by atoms with Crippen LogP contribution >= 0.6 is 0 Å². The molecule has 2 aliphatic rings. The van der Waals surface area contributed by atoms with Crippen LogP contribution in [0.1, 0.15) is 61.9 Å². The summed E-state index contributed by atoms with van der Waals surface area (Å²) in [6.07, 6.45) is 12.1. The zero-order valence-corrected chi connectivity index (χ0v) is 37.8. The number of aromatic nitrogens is 3. The van der Waals surface area contributed by atoms with Crippen molar-refractivity contribution in [3.8, 4) is 67.5 Å². The molecule has 11 rings (SSSR count). The van der Waals surface area contributed by atoms with Gasteiger partial charge in [-0.15, -0.1) is 0 Å². The maximum atomic E-state index is 5.28. The van der Waals surface area contributed by atoms with Crippen LogP contribution in [0.15, 0.2) is 218 Å². The van der Waals surface area contributed by atoms with E-state index in [0.717, 1.165) is 45.0 Å². The highest BCUT2D eigenvalue weighted by atomic mass is 15.0. The Balaban J connectivity index is 1.10. The van der Waals surface area contributed by atoms with Gasteiger partial charge in [0, 0.05) is 16.7 Å². The fourth-order valence-electron chi connectivity index (χ4n) is 10.7. The van der Waals surface area contributed by atoms with Crippen LogP contribution in [0.5, 0.6) is 0 Å². The molecule has 66 heavy (non-hydrogen) atoms. The Kier molecular flexibility index (Phi) is 10.4. The van der Waals surface area contributed by atoms with Crippen molar-refractivity contribution in [2.24, 2.45) is 0 Å². The number of benzene rings is 8. The van der Waals surface area contributed by atoms with E-state index < -0.39 is 5.41 Å². The Morgan fingerprint density at radius 2 is 0.985 bits per heavy atom. The quantitative estimate of drug-likeness (QED) is 0.143. The second-order valence-corrected chi connectivity index (χ2v) is 17.1. The van der Waals surface area contributed by atoms with Crippen molar-refractivity contribution in [3.05, 3.63) is 246 Å². The topological polar surface area (TPSA) is 38.7 Å². The predicted molar refractivity (Wildman–Crippen MR) is 277 cm³/mol. The summed E-state index contributed by atoms with van der Waals surface area (Å²) in [4.78, 5) is 15.7. The van der Waals surface area contributed by atoms with Crippen molar-refractivity contribution in [2.45, 2.75) is 39.5 Å². The molecular weight excluding hydrogens is 799 g/mol. The molecule has 3 nitrogen and oxygen atoms in total. The van der Waals surface area contributed by atoms with Gasteiger partial charge in [0.15, 0.2) is 17.5 Å². The Hall–Kier alpha value is -8.01. The first-order valence-electron chi connectivity index (χ1n) is 23.1. The van der Waals surface area contributed by atoms with Gasteiger partial charge in [0.1, 0.15) is 0 Å². The molecule has 1 spiro atoms. The fourth-order valence-corrected chi connectivity index (χ4v) is 10.7. The molecule has 1 aromatic heterocycles. The molecule has 0 saturated heterocycles. The standard InChI is InChI=1S/C63H49N3/c1-5-19-41(7-3)43-31-35-45(36-32-43)60-64-61(46-37-33-44(34-38-46)42-21-10-9-11-22-42)66-62(65-60)53-40-39-50(48-23-12-13-24-49(48)53)52-27-18-30-58-59(52)54-26-15-17-29-57(54)63(58)55(20-6-2)47(8-4)51-25-14-16-28-56(51)63/h5,7-40H,6H2,1-4H3/b19-5-,41-7+,47-8-,55-20+. The van der Waals surface area contributed by atoms with Gasteiger partial charge in [-0.1, -0.05) is 213 Å². The minimum Gasteiger partial charge on any atom is -0.208 e. The number of allylic oxidation sites excluding steroid dienone is 8. The van der Waals surface area contributed by atoms with Crippen molar-refractivity contribution in [2.75, 3.05) is 0 Å². The van der Waals surface area contributed by atoms with Gasteiger partial charge in [0.05, 0.1) is 5.41 Å². The molecule has 9 aromatic rings. The highest BCUT2D eigenvalue weighted by molar-refractivity contribution is 6.09. The largest absolute Gasteiger partial charge is 0.208 e. The van der Waals surface area contributed by atoms with Gasteiger partial charge in [-0.25, -0.2) is 15.0 Å². The molecule has 3 heteroatoms. The van der Waals surface area contributed by atoms with Crippen LogP contribution in [0.25, 0.3) is 89.5 Å². The maximum Gasteiger partial charge on any atom is 0.164 e. The Morgan fingerprint density at radius 1 is 0.455 bits per heavy atom. The van der Waals surface area contributed by atoms with Crippen LogP contribution in [0.4, 0.5) is 0 Å². The summed E-state index contributed by atoms with van der Waals surface area (Å²) < 4.78 is 0. The van der Waals surface area contributed by atoms with E-state index in [-0.39, 0.29) is 0 Å². The third-order valence-electron chi connectivity index (χ3n) is 13.6. The van der Waals surface area contributed by atoms with Crippen molar-refractivity contribution in [3.63, 3.8) is 0 Å². The Labute approximate surface area is 388 Å². The first-order valence-corrected chi connectivity index (χ1v) is 23.1. The molecule has 316 valence electrons. The van der Waals surface area contributed by atoms with Crippen LogP contribution in [0, 0.1) is 0 Å². The molecule has 1 atom stereocenters. The SMILES string of the molecule is C/C=C\C(=C/C)c1ccc(-c2nc(-c3ccc(-c4ccccc4)cc3)nc(-c3ccc(-c4cccc5c4-c4ccccc4C54C(=C/CC)/C(=C\C)c5ccccc54)c4ccccc34)n2)cc1. The normalized spacial score (nSPS) is 16.4. The maximum absolute atomic E-state index is 5.28. The minimum atomic E-state index is -0.414. The molecule has 2 aliphatic carbocycles. The van der Waals surface area contributed by atoms with Gasteiger partial charge in [-0.3, -0.25) is 0 Å². The molecule has 0 amide bonds. The molecule has 8 aromatic carbocycles. The van der Waals surface area contributed by atoms with Gasteiger partial charge in [0.25, 0.3) is 0 Å². The summed E-state index contributed by atoms with van der Waals surface area (Å²) in [7, 11) is 0. The molecule has 0 N–H and O–H groups in total. The van der Waals surface area contributed by atoms with Gasteiger partial charge in [-0.05, 0) is 122 Å². The van der Waals surface area contributed by atoms with E-state index in [1.165, 1.54) is 66.8 Å². The second-order valence-electron chi connectivity index (χ2n) is 17.1. The van der Waals surface area contributed by atoms with Gasteiger partial charge in [0.2, 0.25) is 0 Å². The summed E-state index contributed by atoms with van der Waals surface area (Å²) in [5.74, 6) is 1.90. The third-order valence-corrected chi connectivity index (χ3v) is 13.6. The first kappa shape index (κ1) is 40.7. The van der Waals surface area contributed by atoms with Gasteiger partial charge >= 0.3 is 0 Å². The number of fused-ring (bicyclic) bond motifs is 8. The van der Waals surface area contributed by atoms with Crippen LogP contribution in [-0.2, 0) is 5.41 Å². The molecule has 0 radical (unpaired) electrons. The van der Waals surface area contributed by atoms with Crippen LogP contribution in [0.2, 0.25) is 0 Å². The lowest BCUT2D eigenvalue weighted by atomic mass is 9.70. The van der Waals surface area contributed by atoms with Gasteiger partial charge in [-0.2, -0.15) is 0 Å². The lowest BCUT2D eigenvalue weighted by molar-refractivity contribution is 0.789. The van der Waals surface area contributed by atoms with Crippen molar-refractivity contribution >= 4 is 21.9 Å². The molecule has 1 unspecified atom stereocenters. The summed E-state index contributed by atoms with van der Waals surface area (Å²) in [6.45, 7) is 8.55. The van der Waals surface area contributed by atoms with Crippen molar-refractivity contribution in [1.82, 2.24) is 15.0 Å². The lowest BCUT2D eigenvalue weighted by Gasteiger charge is -2.31. The average molecular weight is 848 g/mol. The van der Waals surface area contributed by atoms with E-state index in [9.17, 15) is 0 Å². The number of nitrogens with zero attached hydrogens (tertiary/aromatic N) is 3. The number of hydrogen-bond acceptors (Lipinski definition) is 3. The van der Waals surface area contributed by atoms with E-state index >= 15 is 0 Å². The number of hydrogen-bond donors (Lipinski definition) is 0. The summed E-state index contributed by atoms with van der Waals surface area (Å²) in [5, 5.41) is 2.24. The van der Waals surface area contributed by atoms with Gasteiger partial charge < -0.3 is 0 Å². The molecular formula is C63H49N3. The monoisotopic (exact) mass is 847 g/mol. The predicted octanol–water partition coefficient (Wildman–Crippen LogP) is 16.4. The first-order chi connectivity index (χ1) is 32.6. The second kappa shape index (κ2) is 16.8. The highest BCUT2D eigenvalue weighted by Gasteiger charge is 2.53. The van der Waals surface area contributed by atoms with E-state index in [1.807, 2.05) is 13.0 Å². The fraction of sp³-hybridized carbons (Fsp3) is 0.0952. The summed E-state index contributed by atoms with van der Waals surface area (Å²) in [5.41, 5.74) is 20.1. The van der Waals surface area contributed by atoms with E-state index in [0.29, 0.717) is 17.5 Å². The number of rotatable bonds is 8. The van der Waals surface area contributed by atoms with Crippen LogP contribution in [0.3, 0.4) is 0 Å². The Bertz CT molecular complexity index is 3460. The smallest absolute Gasteiger partial charge is 0.164 e. The van der Waals surface area contributed by atoms with E-state index in [1.54, 1.807) is 0 Å². The van der Waals surface area contributed by atoms with Crippen LogP contribution in [-0.4, -0.2) is 15.0 Å². The van der Waals surface area contributed by atoms with E-state index in [4.69, 9.17) is 15.0 Å². The van der Waals surface area contributed by atoms with Crippen molar-refractivity contribution in [1.29, 1.82) is 0 Å². The molecule has 0 bridgehead atoms. The average Bonchev–Trinajstić information content (AvgIpc) is 3.84. The zero-order valence-electron chi connectivity index (χ0n) is 37.8. The minimum absolute atomic E-state index is 0.414. The zero-order chi connectivity index (χ0) is 44.8. The molecule has 0 fully saturated rings. The Morgan fingerprint density at radius 3 is 1.65 bits per heavy atom. The third kappa shape index (κ3) is 6.45. The molecule has 0 saturated carbocycles. The highest BCUT2D eigenvalue weighted by Crippen LogP contribution is 2.65. The van der Waals surface area contributed by atoms with Crippen LogP contribution < -0.4 is 0 Å². The molecule has 1 heterocycles. The van der Waals surface area contributed by atoms with E-state index in [2.05, 4.69) is 227 Å². The summed E-state index contributed by atoms with van der Waals surface area (Å²) in [6, 6.07) is 65.9. The summed E-state index contributed by atoms with van der Waals surface area (Å²) >= 11 is 0. The molecule has 0 aliphatic heterocycles. The van der Waals surface area contributed by atoms with Crippen molar-refractivity contribution < 1.29 is 0 Å². The lowest BCUT2D eigenvalue weighted by Crippen LogP contribution is -2.26.